The first-order valence-corrected chi connectivity index (χ1v) is 7.20. The van der Waals surface area contributed by atoms with E-state index in [9.17, 15) is 22.8 Å². The van der Waals surface area contributed by atoms with Crippen LogP contribution in [0.15, 0.2) is 48.5 Å². The molecule has 2 aromatic carbocycles. The highest BCUT2D eigenvalue weighted by molar-refractivity contribution is 6.16. The van der Waals surface area contributed by atoms with Crippen LogP contribution < -0.4 is 10.2 Å². The maximum Gasteiger partial charge on any atom is 0.416 e. The molecule has 0 aliphatic carbocycles. The molecule has 0 spiro atoms. The molecule has 0 saturated heterocycles. The number of nitrogens with one attached hydrogen (secondary N) is 1. The standard InChI is InChI=1S/C17H13F3N2O2/c1-10-15(23)21-13-7-2-3-8-14(13)22(10)16(24)11-5-4-6-12(9-11)17(18,19)20/h2-10H,1H3,(H,21,23)/t10-/m1/s1. The van der Waals surface area contributed by atoms with Crippen LogP contribution in [0.3, 0.4) is 0 Å². The van der Waals surface area contributed by atoms with Crippen LogP contribution in [0, 0.1) is 0 Å². The van der Waals surface area contributed by atoms with Gasteiger partial charge in [0.1, 0.15) is 6.04 Å². The number of carbonyl (C=O) groups excluding carboxylic acids is 2. The van der Waals surface area contributed by atoms with E-state index in [2.05, 4.69) is 5.32 Å². The minimum Gasteiger partial charge on any atom is -0.322 e. The molecule has 0 saturated carbocycles. The normalized spacial score (nSPS) is 17.2. The summed E-state index contributed by atoms with van der Waals surface area (Å²) in [5.74, 6) is -1.05. The van der Waals surface area contributed by atoms with Gasteiger partial charge < -0.3 is 5.32 Å². The molecule has 4 nitrogen and oxygen atoms in total. The molecule has 0 unspecified atom stereocenters. The van der Waals surface area contributed by atoms with E-state index in [4.69, 9.17) is 0 Å². The van der Waals surface area contributed by atoms with E-state index >= 15 is 0 Å². The van der Waals surface area contributed by atoms with Gasteiger partial charge in [0, 0.05) is 5.56 Å². The van der Waals surface area contributed by atoms with Gasteiger partial charge in [-0.2, -0.15) is 13.2 Å². The van der Waals surface area contributed by atoms with Crippen molar-refractivity contribution in [2.24, 2.45) is 0 Å². The fraction of sp³-hybridized carbons (Fsp3) is 0.176. The molecule has 1 atom stereocenters. The van der Waals surface area contributed by atoms with Gasteiger partial charge in [-0.25, -0.2) is 0 Å². The highest BCUT2D eigenvalue weighted by Gasteiger charge is 2.36. The topological polar surface area (TPSA) is 49.4 Å². The van der Waals surface area contributed by atoms with Crippen LogP contribution in [-0.2, 0) is 11.0 Å². The number of amides is 2. The number of anilines is 2. The van der Waals surface area contributed by atoms with Gasteiger partial charge in [-0.1, -0.05) is 18.2 Å². The molecule has 2 aromatic rings. The van der Waals surface area contributed by atoms with Gasteiger partial charge in [0.25, 0.3) is 5.91 Å². The van der Waals surface area contributed by atoms with Crippen molar-refractivity contribution >= 4 is 23.2 Å². The Morgan fingerprint density at radius 3 is 2.54 bits per heavy atom. The number of benzene rings is 2. The molecule has 1 aliphatic rings. The van der Waals surface area contributed by atoms with E-state index in [0.717, 1.165) is 12.1 Å². The third kappa shape index (κ3) is 2.73. The summed E-state index contributed by atoms with van der Waals surface area (Å²) in [6, 6.07) is 10.00. The Balaban J connectivity index is 2.05. The highest BCUT2D eigenvalue weighted by atomic mass is 19.4. The van der Waals surface area contributed by atoms with Crippen molar-refractivity contribution in [1.29, 1.82) is 0 Å². The Bertz CT molecular complexity index is 817. The van der Waals surface area contributed by atoms with E-state index in [-0.39, 0.29) is 5.56 Å². The molecule has 3 rings (SSSR count). The van der Waals surface area contributed by atoms with E-state index in [1.807, 2.05) is 0 Å². The minimum absolute atomic E-state index is 0.124. The Morgan fingerprint density at radius 2 is 1.83 bits per heavy atom. The molecule has 1 N–H and O–H groups in total. The quantitative estimate of drug-likeness (QED) is 0.865. The second-order valence-corrected chi connectivity index (χ2v) is 5.44. The van der Waals surface area contributed by atoms with Crippen molar-refractivity contribution in [2.45, 2.75) is 19.1 Å². The summed E-state index contributed by atoms with van der Waals surface area (Å²) < 4.78 is 38.6. The van der Waals surface area contributed by atoms with E-state index < -0.39 is 29.6 Å². The van der Waals surface area contributed by atoms with Crippen LogP contribution in [0.4, 0.5) is 24.5 Å². The van der Waals surface area contributed by atoms with E-state index in [0.29, 0.717) is 11.4 Å². The van der Waals surface area contributed by atoms with Gasteiger partial charge in [0.2, 0.25) is 5.91 Å². The predicted molar refractivity (Wildman–Crippen MR) is 82.8 cm³/mol. The summed E-state index contributed by atoms with van der Waals surface area (Å²) in [7, 11) is 0. The lowest BCUT2D eigenvalue weighted by molar-refractivity contribution is -0.137. The highest BCUT2D eigenvalue weighted by Crippen LogP contribution is 2.34. The van der Waals surface area contributed by atoms with Gasteiger partial charge in [-0.3, -0.25) is 14.5 Å². The second kappa shape index (κ2) is 5.67. The molecule has 0 bridgehead atoms. The maximum atomic E-state index is 12.9. The largest absolute Gasteiger partial charge is 0.416 e. The molecular formula is C17H13F3N2O2. The summed E-state index contributed by atoms with van der Waals surface area (Å²) >= 11 is 0. The van der Waals surface area contributed by atoms with Crippen molar-refractivity contribution in [2.75, 3.05) is 10.2 Å². The zero-order chi connectivity index (χ0) is 17.5. The lowest BCUT2D eigenvalue weighted by Crippen LogP contribution is -2.49. The molecule has 7 heteroatoms. The summed E-state index contributed by atoms with van der Waals surface area (Å²) in [5, 5.41) is 2.67. The molecule has 2 amide bonds. The Kier molecular flexibility index (Phi) is 3.79. The number of fused-ring (bicyclic) bond motifs is 1. The monoisotopic (exact) mass is 334 g/mol. The first-order chi connectivity index (χ1) is 11.3. The first-order valence-electron chi connectivity index (χ1n) is 7.20. The lowest BCUT2D eigenvalue weighted by atomic mass is 10.0. The zero-order valence-corrected chi connectivity index (χ0v) is 12.6. The van der Waals surface area contributed by atoms with Gasteiger partial charge in [0.15, 0.2) is 0 Å². The van der Waals surface area contributed by atoms with Crippen molar-refractivity contribution < 1.29 is 22.8 Å². The number of alkyl halides is 3. The number of rotatable bonds is 1. The number of hydrogen-bond donors (Lipinski definition) is 1. The van der Waals surface area contributed by atoms with Crippen LogP contribution in [-0.4, -0.2) is 17.9 Å². The first kappa shape index (κ1) is 16.0. The number of halogens is 3. The maximum absolute atomic E-state index is 12.9. The smallest absolute Gasteiger partial charge is 0.322 e. The van der Waals surface area contributed by atoms with Gasteiger partial charge in [-0.05, 0) is 37.3 Å². The van der Waals surface area contributed by atoms with Gasteiger partial charge in [0.05, 0.1) is 16.9 Å². The number of nitrogens with zero attached hydrogens (tertiary/aromatic N) is 1. The van der Waals surface area contributed by atoms with Crippen LogP contribution in [0.1, 0.15) is 22.8 Å². The number of para-hydroxylation sites is 2. The van der Waals surface area contributed by atoms with Gasteiger partial charge >= 0.3 is 6.18 Å². The molecule has 124 valence electrons. The van der Waals surface area contributed by atoms with Crippen molar-refractivity contribution in [3.63, 3.8) is 0 Å². The average molecular weight is 334 g/mol. The number of hydrogen-bond acceptors (Lipinski definition) is 2. The number of carbonyl (C=O) groups is 2. The molecule has 1 heterocycles. The van der Waals surface area contributed by atoms with Crippen molar-refractivity contribution in [3.8, 4) is 0 Å². The Hall–Kier alpha value is -2.83. The van der Waals surface area contributed by atoms with E-state index in [1.165, 1.54) is 24.0 Å². The molecule has 0 aromatic heterocycles. The molecule has 0 radical (unpaired) electrons. The summed E-state index contributed by atoms with van der Waals surface area (Å²) in [5.41, 5.74) is -0.134. The second-order valence-electron chi connectivity index (χ2n) is 5.44. The van der Waals surface area contributed by atoms with Crippen LogP contribution in [0.2, 0.25) is 0 Å². The summed E-state index contributed by atoms with van der Waals surface area (Å²) in [6.07, 6.45) is -4.54. The van der Waals surface area contributed by atoms with Crippen molar-refractivity contribution in [3.05, 3.63) is 59.7 Å². The summed E-state index contributed by atoms with van der Waals surface area (Å²) in [4.78, 5) is 26.0. The average Bonchev–Trinajstić information content (AvgIpc) is 2.55. The summed E-state index contributed by atoms with van der Waals surface area (Å²) in [6.45, 7) is 1.52. The predicted octanol–water partition coefficient (Wildman–Crippen LogP) is 3.69. The Labute approximate surface area is 135 Å². The van der Waals surface area contributed by atoms with Crippen LogP contribution in [0.5, 0.6) is 0 Å². The minimum atomic E-state index is -4.54. The molecular weight excluding hydrogens is 321 g/mol. The molecule has 1 aliphatic heterocycles. The third-order valence-corrected chi connectivity index (χ3v) is 3.84. The molecule has 24 heavy (non-hydrogen) atoms. The fourth-order valence-corrected chi connectivity index (χ4v) is 2.61. The lowest BCUT2D eigenvalue weighted by Gasteiger charge is -2.34. The SMILES string of the molecule is C[C@@H]1C(=O)Nc2ccccc2N1C(=O)c1cccc(C(F)(F)F)c1. The Morgan fingerprint density at radius 1 is 1.12 bits per heavy atom. The van der Waals surface area contributed by atoms with Crippen molar-refractivity contribution in [1.82, 2.24) is 0 Å². The molecule has 0 fully saturated rings. The fourth-order valence-electron chi connectivity index (χ4n) is 2.61. The van der Waals surface area contributed by atoms with Crippen LogP contribution >= 0.6 is 0 Å². The third-order valence-electron chi connectivity index (χ3n) is 3.84. The van der Waals surface area contributed by atoms with Crippen LogP contribution in [0.25, 0.3) is 0 Å². The van der Waals surface area contributed by atoms with E-state index in [1.54, 1.807) is 24.3 Å². The zero-order valence-electron chi connectivity index (χ0n) is 12.6. The van der Waals surface area contributed by atoms with Gasteiger partial charge in [-0.15, -0.1) is 0 Å².